The van der Waals surface area contributed by atoms with Crippen LogP contribution in [0.2, 0.25) is 0 Å². The van der Waals surface area contributed by atoms with Crippen molar-refractivity contribution in [3.8, 4) is 23.1 Å². The van der Waals surface area contributed by atoms with Gasteiger partial charge in [-0.15, -0.1) is 0 Å². The molecule has 1 saturated heterocycles. The highest BCUT2D eigenvalue weighted by Gasteiger charge is 2.20. The zero-order valence-corrected chi connectivity index (χ0v) is 30.8. The molecule has 0 aliphatic carbocycles. The normalized spacial score (nSPS) is 13.7. The van der Waals surface area contributed by atoms with Gasteiger partial charge in [-0.25, -0.2) is 9.37 Å². The average Bonchev–Trinajstić information content (AvgIpc) is 3.16. The number of aryl methyl sites for hydroxylation is 3. The summed E-state index contributed by atoms with van der Waals surface area (Å²) >= 11 is 0. The summed E-state index contributed by atoms with van der Waals surface area (Å²) in [5, 5.41) is 0. The number of nitrogens with zero attached hydrogens (tertiary/aromatic N) is 3. The molecule has 0 radical (unpaired) electrons. The Morgan fingerprint density at radius 3 is 2.09 bits per heavy atom. The molecule has 8 heteroatoms. The molecule has 2 heterocycles. The van der Waals surface area contributed by atoms with Crippen molar-refractivity contribution in [2.45, 2.75) is 40.8 Å². The summed E-state index contributed by atoms with van der Waals surface area (Å²) in [7, 11) is 0. The number of carbonyl (C=O) groups is 1. The Hall–Kier alpha value is -5.73. The van der Waals surface area contributed by atoms with Crippen molar-refractivity contribution in [2.75, 3.05) is 32.8 Å². The standard InChI is InChI=1S/C45H46FN3O4/c1-32-5-16-41(17-6-32)51-30-33(2)25-36-7-9-37(10-8-36)29-48-21-23-49(24-22-48)44(50)20-13-39-26-34(3)45(35(4)27-39)53-43-19-18-42(28-47-43)52-31-38-11-14-40(46)15-12-38/h5-20,25-28H,21-24,29-31H2,1-4H3. The van der Waals surface area contributed by atoms with Crippen LogP contribution >= 0.6 is 0 Å². The first kappa shape index (κ1) is 37.0. The number of carbonyl (C=O) groups excluding carboxylic acids is 1. The highest BCUT2D eigenvalue weighted by atomic mass is 19.1. The summed E-state index contributed by atoms with van der Waals surface area (Å²) in [6.45, 7) is 12.9. The number of halogens is 1. The third-order valence-corrected chi connectivity index (χ3v) is 9.11. The highest BCUT2D eigenvalue weighted by Crippen LogP contribution is 2.30. The maximum atomic E-state index is 13.1. The van der Waals surface area contributed by atoms with E-state index in [0.29, 0.717) is 37.9 Å². The molecule has 4 aromatic carbocycles. The molecule has 1 aliphatic heterocycles. The lowest BCUT2D eigenvalue weighted by molar-refractivity contribution is -0.127. The van der Waals surface area contributed by atoms with Gasteiger partial charge in [0.25, 0.3) is 0 Å². The first-order chi connectivity index (χ1) is 25.7. The van der Waals surface area contributed by atoms with Gasteiger partial charge < -0.3 is 19.1 Å². The van der Waals surface area contributed by atoms with Crippen LogP contribution in [0, 0.1) is 26.6 Å². The van der Waals surface area contributed by atoms with E-state index in [1.165, 1.54) is 23.3 Å². The topological polar surface area (TPSA) is 64.1 Å². The third kappa shape index (κ3) is 10.9. The molecule has 272 valence electrons. The van der Waals surface area contributed by atoms with Crippen LogP contribution in [0.3, 0.4) is 0 Å². The Labute approximate surface area is 312 Å². The highest BCUT2D eigenvalue weighted by molar-refractivity contribution is 5.92. The van der Waals surface area contributed by atoms with Gasteiger partial charge in [0.05, 0.1) is 6.20 Å². The largest absolute Gasteiger partial charge is 0.489 e. The van der Waals surface area contributed by atoms with E-state index < -0.39 is 0 Å². The van der Waals surface area contributed by atoms with Crippen LogP contribution in [0.4, 0.5) is 4.39 Å². The Morgan fingerprint density at radius 1 is 0.774 bits per heavy atom. The number of piperazine rings is 1. The fourth-order valence-corrected chi connectivity index (χ4v) is 6.14. The molecule has 6 rings (SSSR count). The van der Waals surface area contributed by atoms with Gasteiger partial charge in [0.2, 0.25) is 11.8 Å². The molecule has 0 unspecified atom stereocenters. The molecule has 53 heavy (non-hydrogen) atoms. The lowest BCUT2D eigenvalue weighted by Gasteiger charge is -2.34. The van der Waals surface area contributed by atoms with E-state index >= 15 is 0 Å². The summed E-state index contributed by atoms with van der Waals surface area (Å²) in [5.41, 5.74) is 8.47. The Bertz CT molecular complexity index is 2010. The molecule has 0 bridgehead atoms. The molecular formula is C45H46FN3O4. The molecule has 1 aliphatic rings. The van der Waals surface area contributed by atoms with E-state index in [1.807, 2.05) is 49.1 Å². The second kappa shape index (κ2) is 17.7. The number of aromatic nitrogens is 1. The first-order valence-electron chi connectivity index (χ1n) is 17.9. The molecule has 1 fully saturated rings. The van der Waals surface area contributed by atoms with Gasteiger partial charge >= 0.3 is 0 Å². The smallest absolute Gasteiger partial charge is 0.246 e. The summed E-state index contributed by atoms with van der Waals surface area (Å²) in [6, 6.07) is 30.5. The van der Waals surface area contributed by atoms with Crippen LogP contribution in [0.5, 0.6) is 23.1 Å². The molecular weight excluding hydrogens is 666 g/mol. The zero-order chi connectivity index (χ0) is 37.2. The van der Waals surface area contributed by atoms with Gasteiger partial charge in [-0.1, -0.05) is 60.2 Å². The number of ether oxygens (including phenoxy) is 3. The Kier molecular flexibility index (Phi) is 12.3. The monoisotopic (exact) mass is 711 g/mol. The van der Waals surface area contributed by atoms with Crippen LogP contribution in [-0.2, 0) is 17.9 Å². The molecule has 7 nitrogen and oxygen atoms in total. The molecule has 5 aromatic rings. The van der Waals surface area contributed by atoms with Crippen LogP contribution < -0.4 is 14.2 Å². The van der Waals surface area contributed by atoms with Gasteiger partial charge in [-0.3, -0.25) is 9.69 Å². The van der Waals surface area contributed by atoms with Crippen LogP contribution in [0.15, 0.2) is 115 Å². The Balaban J connectivity index is 0.939. The number of pyridine rings is 1. The van der Waals surface area contributed by atoms with E-state index in [0.717, 1.165) is 64.5 Å². The number of hydrogen-bond donors (Lipinski definition) is 0. The number of rotatable bonds is 13. The zero-order valence-electron chi connectivity index (χ0n) is 30.8. The second-order valence-corrected chi connectivity index (χ2v) is 13.6. The predicted octanol–water partition coefficient (Wildman–Crippen LogP) is 9.36. The molecule has 0 saturated carbocycles. The SMILES string of the molecule is CC(=Cc1ccc(CN2CCN(C(=O)C=Cc3cc(C)c(Oc4ccc(OCc5ccc(F)cc5)cn4)c(C)c3)CC2)cc1)COc1ccc(C)cc1. The van der Waals surface area contributed by atoms with Gasteiger partial charge in [0.1, 0.15) is 36.3 Å². The molecule has 0 N–H and O–H groups in total. The van der Waals surface area contributed by atoms with Crippen molar-refractivity contribution >= 4 is 18.1 Å². The fraction of sp³-hybridized carbons (Fsp3) is 0.244. The fourth-order valence-electron chi connectivity index (χ4n) is 6.14. The van der Waals surface area contributed by atoms with Crippen molar-refractivity contribution in [1.82, 2.24) is 14.8 Å². The number of hydrogen-bond acceptors (Lipinski definition) is 6. The van der Waals surface area contributed by atoms with Crippen molar-refractivity contribution < 1.29 is 23.4 Å². The minimum Gasteiger partial charge on any atom is -0.489 e. The van der Waals surface area contributed by atoms with Crippen molar-refractivity contribution in [2.24, 2.45) is 0 Å². The molecule has 1 aromatic heterocycles. The molecule has 0 atom stereocenters. The average molecular weight is 712 g/mol. The van der Waals surface area contributed by atoms with Gasteiger partial charge in [-0.05, 0) is 115 Å². The maximum absolute atomic E-state index is 13.1. The number of amides is 1. The van der Waals surface area contributed by atoms with Crippen LogP contribution in [-0.4, -0.2) is 53.5 Å². The van der Waals surface area contributed by atoms with E-state index in [1.54, 1.807) is 36.5 Å². The minimum absolute atomic E-state index is 0.0177. The maximum Gasteiger partial charge on any atom is 0.246 e. The summed E-state index contributed by atoms with van der Waals surface area (Å²) in [4.78, 5) is 21.8. The Morgan fingerprint density at radius 2 is 1.43 bits per heavy atom. The summed E-state index contributed by atoms with van der Waals surface area (Å²) in [5.74, 6) is 2.38. The van der Waals surface area contributed by atoms with E-state index in [2.05, 4.69) is 66.2 Å². The molecule has 1 amide bonds. The van der Waals surface area contributed by atoms with E-state index in [4.69, 9.17) is 14.2 Å². The van der Waals surface area contributed by atoms with E-state index in [9.17, 15) is 9.18 Å². The predicted molar refractivity (Wildman–Crippen MR) is 209 cm³/mol. The van der Waals surface area contributed by atoms with Crippen LogP contribution in [0.25, 0.3) is 12.2 Å². The second-order valence-electron chi connectivity index (χ2n) is 13.6. The summed E-state index contributed by atoms with van der Waals surface area (Å²) in [6.07, 6.45) is 7.30. The van der Waals surface area contributed by atoms with Crippen molar-refractivity contribution in [1.29, 1.82) is 0 Å². The third-order valence-electron chi connectivity index (χ3n) is 9.11. The quantitative estimate of drug-likeness (QED) is 0.114. The van der Waals surface area contributed by atoms with Crippen molar-refractivity contribution in [3.05, 3.63) is 160 Å². The number of benzene rings is 4. The van der Waals surface area contributed by atoms with Crippen molar-refractivity contribution in [3.63, 3.8) is 0 Å². The molecule has 0 spiro atoms. The van der Waals surface area contributed by atoms with Gasteiger partial charge in [0, 0.05) is 44.9 Å². The summed E-state index contributed by atoms with van der Waals surface area (Å²) < 4.78 is 30.9. The van der Waals surface area contributed by atoms with Gasteiger partial charge in [0.15, 0.2) is 0 Å². The van der Waals surface area contributed by atoms with E-state index in [-0.39, 0.29) is 11.7 Å². The van der Waals surface area contributed by atoms with Crippen LogP contribution in [0.1, 0.15) is 45.9 Å². The lowest BCUT2D eigenvalue weighted by atomic mass is 10.1. The minimum atomic E-state index is -0.278. The van der Waals surface area contributed by atoms with Gasteiger partial charge in [-0.2, -0.15) is 0 Å². The first-order valence-corrected chi connectivity index (χ1v) is 17.9. The lowest BCUT2D eigenvalue weighted by Crippen LogP contribution is -2.47.